The first-order valence-electron chi connectivity index (χ1n) is 5.57. The first-order valence-corrected chi connectivity index (χ1v) is 5.57. The van der Waals surface area contributed by atoms with Gasteiger partial charge in [0, 0.05) is 7.05 Å². The summed E-state index contributed by atoms with van der Waals surface area (Å²) in [6.45, 7) is 6.37. The monoisotopic (exact) mass is 231 g/mol. The Hall–Kier alpha value is -1.84. The summed E-state index contributed by atoms with van der Waals surface area (Å²) in [7, 11) is 1.63. The molecule has 17 heavy (non-hydrogen) atoms. The predicted octanol–water partition coefficient (Wildman–Crippen LogP) is 1.81. The Morgan fingerprint density at radius 2 is 1.94 bits per heavy atom. The number of hydrogen-bond donors (Lipinski definition) is 1. The van der Waals surface area contributed by atoms with Crippen LogP contribution in [-0.2, 0) is 12.5 Å². The molecule has 1 heterocycles. The molecule has 4 heteroatoms. The van der Waals surface area contributed by atoms with Crippen LogP contribution in [0.3, 0.4) is 0 Å². The van der Waals surface area contributed by atoms with Crippen molar-refractivity contribution >= 4 is 16.9 Å². The van der Waals surface area contributed by atoms with Crippen molar-refractivity contribution in [2.75, 3.05) is 5.73 Å². The van der Waals surface area contributed by atoms with Crippen LogP contribution in [0.1, 0.15) is 26.3 Å². The highest BCUT2D eigenvalue weighted by atomic mass is 16.1. The quantitative estimate of drug-likeness (QED) is 0.752. The van der Waals surface area contributed by atoms with Crippen molar-refractivity contribution in [1.29, 1.82) is 0 Å². The summed E-state index contributed by atoms with van der Waals surface area (Å²) in [6.07, 6.45) is 0. The van der Waals surface area contributed by atoms with E-state index in [2.05, 4.69) is 25.8 Å². The van der Waals surface area contributed by atoms with Crippen molar-refractivity contribution in [2.24, 2.45) is 7.05 Å². The van der Waals surface area contributed by atoms with Crippen molar-refractivity contribution < 1.29 is 0 Å². The summed E-state index contributed by atoms with van der Waals surface area (Å²) in [6, 6.07) is 5.74. The van der Waals surface area contributed by atoms with Crippen LogP contribution in [0, 0.1) is 0 Å². The minimum atomic E-state index is -0.104. The zero-order chi connectivity index (χ0) is 12.8. The van der Waals surface area contributed by atoms with Crippen LogP contribution in [0.25, 0.3) is 10.9 Å². The highest BCUT2D eigenvalue weighted by Crippen LogP contribution is 2.24. The lowest BCUT2D eigenvalue weighted by Gasteiger charge is -2.19. The summed E-state index contributed by atoms with van der Waals surface area (Å²) in [5, 5.41) is 0.606. The average Bonchev–Trinajstić information content (AvgIpc) is 2.24. The molecule has 0 radical (unpaired) electrons. The van der Waals surface area contributed by atoms with E-state index < -0.39 is 0 Å². The van der Waals surface area contributed by atoms with E-state index in [-0.39, 0.29) is 16.9 Å². The van der Waals surface area contributed by atoms with Crippen molar-refractivity contribution in [3.05, 3.63) is 34.1 Å². The number of aromatic nitrogens is 2. The third-order valence-electron chi connectivity index (χ3n) is 2.98. The molecule has 0 aliphatic rings. The molecule has 90 valence electrons. The fourth-order valence-electron chi connectivity index (χ4n) is 1.75. The van der Waals surface area contributed by atoms with Crippen LogP contribution in [-0.4, -0.2) is 9.55 Å². The van der Waals surface area contributed by atoms with Crippen molar-refractivity contribution in [2.45, 2.75) is 26.2 Å². The minimum absolute atomic E-state index is 0.0334. The van der Waals surface area contributed by atoms with Gasteiger partial charge in [-0.15, -0.1) is 0 Å². The van der Waals surface area contributed by atoms with Gasteiger partial charge in [-0.2, -0.15) is 0 Å². The zero-order valence-electron chi connectivity index (χ0n) is 10.6. The molecule has 0 bridgehead atoms. The summed E-state index contributed by atoms with van der Waals surface area (Å²) >= 11 is 0. The maximum absolute atomic E-state index is 12.0. The summed E-state index contributed by atoms with van der Waals surface area (Å²) in [5.74, 6) is 0.244. The van der Waals surface area contributed by atoms with Gasteiger partial charge in [0.25, 0.3) is 5.56 Å². The first-order chi connectivity index (χ1) is 7.80. The first kappa shape index (κ1) is 11.6. The van der Waals surface area contributed by atoms with E-state index in [1.807, 2.05) is 18.2 Å². The van der Waals surface area contributed by atoms with Crippen LogP contribution in [0.15, 0.2) is 23.0 Å². The highest BCUT2D eigenvalue weighted by Gasteiger charge is 2.15. The van der Waals surface area contributed by atoms with Gasteiger partial charge in [0.05, 0.1) is 10.9 Å². The second-order valence-corrected chi connectivity index (χ2v) is 5.32. The van der Waals surface area contributed by atoms with Gasteiger partial charge in [-0.05, 0) is 23.1 Å². The third kappa shape index (κ3) is 1.90. The second-order valence-electron chi connectivity index (χ2n) is 5.32. The summed E-state index contributed by atoms with van der Waals surface area (Å²) < 4.78 is 1.36. The van der Waals surface area contributed by atoms with Crippen molar-refractivity contribution in [3.8, 4) is 0 Å². The third-order valence-corrected chi connectivity index (χ3v) is 2.98. The van der Waals surface area contributed by atoms with Gasteiger partial charge < -0.3 is 5.73 Å². The Kier molecular flexibility index (Phi) is 2.45. The molecule has 0 amide bonds. The molecule has 2 rings (SSSR count). The van der Waals surface area contributed by atoms with E-state index >= 15 is 0 Å². The van der Waals surface area contributed by atoms with Crippen molar-refractivity contribution in [1.82, 2.24) is 9.55 Å². The maximum atomic E-state index is 12.0. The van der Waals surface area contributed by atoms with Gasteiger partial charge in [0.1, 0.15) is 0 Å². The number of benzene rings is 1. The number of hydrogen-bond acceptors (Lipinski definition) is 3. The smallest absolute Gasteiger partial charge is 0.262 e. The number of fused-ring (bicyclic) bond motifs is 1. The number of anilines is 1. The van der Waals surface area contributed by atoms with Gasteiger partial charge in [0.15, 0.2) is 0 Å². The molecule has 4 nitrogen and oxygen atoms in total. The molecule has 2 aromatic rings. The standard InChI is InChI=1S/C13H17N3O/c1-13(2,3)8-5-6-9-10(7-8)15-12(14)16(4)11(9)17/h5-7H,1-4H3,(H2,14,15). The number of rotatable bonds is 0. The lowest BCUT2D eigenvalue weighted by atomic mass is 9.86. The summed E-state index contributed by atoms with van der Waals surface area (Å²) in [5.41, 5.74) is 7.44. The Balaban J connectivity index is 2.81. The lowest BCUT2D eigenvalue weighted by Crippen LogP contribution is -2.22. The number of nitrogens with two attached hydrogens (primary N) is 1. The molecule has 0 unspecified atom stereocenters. The fourth-order valence-corrected chi connectivity index (χ4v) is 1.75. The largest absolute Gasteiger partial charge is 0.369 e. The Morgan fingerprint density at radius 3 is 2.53 bits per heavy atom. The van der Waals surface area contributed by atoms with Crippen molar-refractivity contribution in [3.63, 3.8) is 0 Å². The van der Waals surface area contributed by atoms with Gasteiger partial charge in [-0.25, -0.2) is 4.98 Å². The Labute approximate surface area is 100 Å². The van der Waals surface area contributed by atoms with Gasteiger partial charge in [0.2, 0.25) is 5.95 Å². The highest BCUT2D eigenvalue weighted by molar-refractivity contribution is 5.79. The molecule has 0 aliphatic heterocycles. The zero-order valence-corrected chi connectivity index (χ0v) is 10.6. The average molecular weight is 231 g/mol. The van der Waals surface area contributed by atoms with E-state index in [1.54, 1.807) is 7.05 Å². The van der Waals surface area contributed by atoms with Crippen LogP contribution in [0.2, 0.25) is 0 Å². The van der Waals surface area contributed by atoms with E-state index in [0.717, 1.165) is 5.56 Å². The molecule has 0 spiro atoms. The normalized spacial score (nSPS) is 12.0. The Morgan fingerprint density at radius 1 is 1.29 bits per heavy atom. The lowest BCUT2D eigenvalue weighted by molar-refractivity contribution is 0.591. The Bertz CT molecular complexity index is 635. The van der Waals surface area contributed by atoms with Crippen LogP contribution in [0.4, 0.5) is 5.95 Å². The number of nitrogen functional groups attached to an aromatic ring is 1. The molecule has 0 fully saturated rings. The maximum Gasteiger partial charge on any atom is 0.262 e. The molecule has 0 atom stereocenters. The van der Waals surface area contributed by atoms with Crippen LogP contribution >= 0.6 is 0 Å². The molecule has 1 aromatic carbocycles. The van der Waals surface area contributed by atoms with E-state index in [4.69, 9.17) is 5.73 Å². The van der Waals surface area contributed by atoms with Crippen LogP contribution < -0.4 is 11.3 Å². The van der Waals surface area contributed by atoms with E-state index in [9.17, 15) is 4.79 Å². The summed E-state index contributed by atoms with van der Waals surface area (Å²) in [4.78, 5) is 16.2. The van der Waals surface area contributed by atoms with E-state index in [0.29, 0.717) is 10.9 Å². The molecule has 2 N–H and O–H groups in total. The molecule has 1 aromatic heterocycles. The van der Waals surface area contributed by atoms with Gasteiger partial charge >= 0.3 is 0 Å². The predicted molar refractivity (Wildman–Crippen MR) is 70.1 cm³/mol. The van der Waals surface area contributed by atoms with Gasteiger partial charge in [-0.1, -0.05) is 26.8 Å². The molecule has 0 saturated carbocycles. The molecular formula is C13H17N3O. The SMILES string of the molecule is Cn1c(N)nc2cc(C(C)(C)C)ccc2c1=O. The number of nitrogens with zero attached hydrogens (tertiary/aromatic N) is 2. The molecule has 0 saturated heterocycles. The van der Waals surface area contributed by atoms with Gasteiger partial charge in [-0.3, -0.25) is 9.36 Å². The van der Waals surface area contributed by atoms with E-state index in [1.165, 1.54) is 4.57 Å². The van der Waals surface area contributed by atoms with Crippen LogP contribution in [0.5, 0.6) is 0 Å². The molecule has 0 aliphatic carbocycles. The fraction of sp³-hybridized carbons (Fsp3) is 0.385. The second kappa shape index (κ2) is 3.58. The molecular weight excluding hydrogens is 214 g/mol. The minimum Gasteiger partial charge on any atom is -0.369 e. The topological polar surface area (TPSA) is 60.9 Å².